The highest BCUT2D eigenvalue weighted by molar-refractivity contribution is 5.89. The van der Waals surface area contributed by atoms with Crippen molar-refractivity contribution >= 4 is 22.8 Å². The fraction of sp³-hybridized carbons (Fsp3) is 0.235. The van der Waals surface area contributed by atoms with Gasteiger partial charge in [-0.3, -0.25) is 25.7 Å². The second-order valence-electron chi connectivity index (χ2n) is 5.94. The molecule has 0 aliphatic heterocycles. The largest absolute Gasteiger partial charge is 0.301 e. The fourth-order valence-electron chi connectivity index (χ4n) is 2.84. The first kappa shape index (κ1) is 16.6. The number of non-ortho nitro benzene ring substituents is 1. The van der Waals surface area contributed by atoms with Crippen LogP contribution in [-0.4, -0.2) is 15.6 Å². The van der Waals surface area contributed by atoms with Gasteiger partial charge in [0.1, 0.15) is 5.69 Å². The molecule has 128 valence electrons. The first-order chi connectivity index (χ1) is 12.0. The maximum absolute atomic E-state index is 11.1. The van der Waals surface area contributed by atoms with E-state index < -0.39 is 9.85 Å². The molecule has 1 N–H and O–H groups in total. The van der Waals surface area contributed by atoms with Gasteiger partial charge < -0.3 is 0 Å². The highest BCUT2D eigenvalue weighted by Gasteiger charge is 2.40. The summed E-state index contributed by atoms with van der Waals surface area (Å²) >= 11 is 0. The molecule has 1 saturated carbocycles. The lowest BCUT2D eigenvalue weighted by Gasteiger charge is -2.04. The molecule has 0 spiro atoms. The lowest BCUT2D eigenvalue weighted by atomic mass is 10.1. The minimum Gasteiger partial charge on any atom is -0.272 e. The molecule has 8 heteroatoms. The second-order valence-corrected chi connectivity index (χ2v) is 5.94. The molecule has 2 atom stereocenters. The number of nitro groups is 2. The topological polar surface area (TPSA) is 111 Å². The molecule has 1 fully saturated rings. The standard InChI is InChI=1S/C17H16N4O4/c1-11(14-10-15(14)12-5-3-2-4-6-12)18-19-16-8-7-13(20(22)23)9-17(16)21(24)25/h2-9,14-15,19H,10H2,1H3. The van der Waals surface area contributed by atoms with Crippen molar-refractivity contribution in [1.82, 2.24) is 0 Å². The van der Waals surface area contributed by atoms with Crippen LogP contribution in [0.25, 0.3) is 0 Å². The highest BCUT2D eigenvalue weighted by Crippen LogP contribution is 2.48. The van der Waals surface area contributed by atoms with Crippen LogP contribution in [0.15, 0.2) is 53.6 Å². The van der Waals surface area contributed by atoms with Gasteiger partial charge in [-0.25, -0.2) is 0 Å². The van der Waals surface area contributed by atoms with E-state index in [1.54, 1.807) is 0 Å². The minimum atomic E-state index is -0.667. The molecular weight excluding hydrogens is 324 g/mol. The van der Waals surface area contributed by atoms with Crippen molar-refractivity contribution in [3.63, 3.8) is 0 Å². The predicted octanol–water partition coefficient (Wildman–Crippen LogP) is 4.09. The Morgan fingerprint density at radius 3 is 2.48 bits per heavy atom. The van der Waals surface area contributed by atoms with Gasteiger partial charge in [0, 0.05) is 17.7 Å². The molecule has 1 aliphatic carbocycles. The molecule has 3 rings (SSSR count). The van der Waals surface area contributed by atoms with Crippen LogP contribution in [0.2, 0.25) is 0 Å². The van der Waals surface area contributed by atoms with Gasteiger partial charge in [0.15, 0.2) is 0 Å². The van der Waals surface area contributed by atoms with E-state index in [-0.39, 0.29) is 17.1 Å². The summed E-state index contributed by atoms with van der Waals surface area (Å²) in [6.45, 7) is 1.87. The van der Waals surface area contributed by atoms with E-state index in [0.29, 0.717) is 11.8 Å². The Morgan fingerprint density at radius 2 is 1.84 bits per heavy atom. The minimum absolute atomic E-state index is 0.131. The third-order valence-corrected chi connectivity index (χ3v) is 4.30. The third-order valence-electron chi connectivity index (χ3n) is 4.30. The summed E-state index contributed by atoms with van der Waals surface area (Å²) in [5.41, 5.74) is 4.21. The monoisotopic (exact) mass is 340 g/mol. The average Bonchev–Trinajstić information content (AvgIpc) is 3.41. The van der Waals surface area contributed by atoms with E-state index in [4.69, 9.17) is 0 Å². The van der Waals surface area contributed by atoms with Gasteiger partial charge in [-0.1, -0.05) is 30.3 Å². The number of nitrogens with one attached hydrogen (secondary N) is 1. The van der Waals surface area contributed by atoms with Crippen LogP contribution >= 0.6 is 0 Å². The van der Waals surface area contributed by atoms with Crippen LogP contribution in [0, 0.1) is 26.1 Å². The first-order valence-electron chi connectivity index (χ1n) is 7.75. The molecule has 0 saturated heterocycles. The van der Waals surface area contributed by atoms with E-state index in [1.807, 2.05) is 25.1 Å². The zero-order valence-electron chi connectivity index (χ0n) is 13.5. The third kappa shape index (κ3) is 3.63. The molecule has 0 heterocycles. The van der Waals surface area contributed by atoms with E-state index in [0.717, 1.165) is 18.2 Å². The van der Waals surface area contributed by atoms with Crippen LogP contribution in [0.1, 0.15) is 24.8 Å². The number of benzene rings is 2. The first-order valence-corrected chi connectivity index (χ1v) is 7.75. The van der Waals surface area contributed by atoms with Crippen LogP contribution in [0.4, 0.5) is 17.1 Å². The summed E-state index contributed by atoms with van der Waals surface area (Å²) < 4.78 is 0. The molecule has 0 aromatic heterocycles. The van der Waals surface area contributed by atoms with E-state index in [2.05, 4.69) is 22.7 Å². The van der Waals surface area contributed by atoms with Crippen molar-refractivity contribution in [2.45, 2.75) is 19.3 Å². The Hall–Kier alpha value is -3.29. The number of nitro benzene ring substituents is 2. The summed E-state index contributed by atoms with van der Waals surface area (Å²) in [6, 6.07) is 13.6. The van der Waals surface area contributed by atoms with Gasteiger partial charge in [-0.05, 0) is 30.9 Å². The Kier molecular flexibility index (Phi) is 4.42. The quantitative estimate of drug-likeness (QED) is 0.483. The average molecular weight is 340 g/mol. The number of anilines is 1. The molecule has 2 aromatic rings. The molecule has 25 heavy (non-hydrogen) atoms. The van der Waals surface area contributed by atoms with Crippen molar-refractivity contribution in [2.24, 2.45) is 11.0 Å². The Labute approximate surface area is 143 Å². The zero-order valence-corrected chi connectivity index (χ0v) is 13.5. The van der Waals surface area contributed by atoms with Crippen molar-refractivity contribution in [3.05, 3.63) is 74.3 Å². The molecule has 0 amide bonds. The van der Waals surface area contributed by atoms with Gasteiger partial charge in [-0.15, -0.1) is 0 Å². The van der Waals surface area contributed by atoms with Crippen LogP contribution in [0.3, 0.4) is 0 Å². The van der Waals surface area contributed by atoms with Crippen molar-refractivity contribution < 1.29 is 9.85 Å². The summed E-state index contributed by atoms with van der Waals surface area (Å²) in [4.78, 5) is 20.5. The van der Waals surface area contributed by atoms with Gasteiger partial charge in [0.2, 0.25) is 0 Å². The number of nitrogens with zero attached hydrogens (tertiary/aromatic N) is 3. The van der Waals surface area contributed by atoms with Gasteiger partial charge >= 0.3 is 5.69 Å². The van der Waals surface area contributed by atoms with Crippen LogP contribution in [-0.2, 0) is 0 Å². The van der Waals surface area contributed by atoms with E-state index in [1.165, 1.54) is 17.7 Å². The normalized spacial score (nSPS) is 19.3. The maximum Gasteiger partial charge on any atom is 0.301 e. The summed E-state index contributed by atoms with van der Waals surface area (Å²) in [5.74, 6) is 0.714. The lowest BCUT2D eigenvalue weighted by Crippen LogP contribution is -2.03. The van der Waals surface area contributed by atoms with Crippen LogP contribution in [0.5, 0.6) is 0 Å². The van der Waals surface area contributed by atoms with Crippen molar-refractivity contribution in [2.75, 3.05) is 5.43 Å². The van der Waals surface area contributed by atoms with Gasteiger partial charge in [-0.2, -0.15) is 5.10 Å². The lowest BCUT2D eigenvalue weighted by molar-refractivity contribution is -0.393. The van der Waals surface area contributed by atoms with E-state index >= 15 is 0 Å². The summed E-state index contributed by atoms with van der Waals surface area (Å²) in [7, 11) is 0. The maximum atomic E-state index is 11.1. The molecule has 0 bridgehead atoms. The molecule has 1 aliphatic rings. The number of hydrogen-bond acceptors (Lipinski definition) is 6. The van der Waals surface area contributed by atoms with Crippen LogP contribution < -0.4 is 5.43 Å². The molecular formula is C17H16N4O4. The molecule has 0 radical (unpaired) electrons. The Bertz CT molecular complexity index is 851. The van der Waals surface area contributed by atoms with Gasteiger partial charge in [0.25, 0.3) is 5.69 Å². The fourth-order valence-corrected chi connectivity index (χ4v) is 2.84. The molecule has 8 nitrogen and oxygen atoms in total. The Balaban J connectivity index is 1.74. The van der Waals surface area contributed by atoms with Crippen molar-refractivity contribution in [3.8, 4) is 0 Å². The summed E-state index contributed by atoms with van der Waals surface area (Å²) in [6.07, 6.45) is 0.989. The molecule has 2 aromatic carbocycles. The number of hydrogen-bond donors (Lipinski definition) is 1. The number of rotatable bonds is 6. The SMILES string of the molecule is CC(=NNc1ccc([N+](=O)[O-])cc1[N+](=O)[O-])C1CC1c1ccccc1. The van der Waals surface area contributed by atoms with Crippen molar-refractivity contribution in [1.29, 1.82) is 0 Å². The predicted molar refractivity (Wildman–Crippen MR) is 93.8 cm³/mol. The molecule has 2 unspecified atom stereocenters. The number of hydrazone groups is 1. The summed E-state index contributed by atoms with van der Waals surface area (Å²) in [5, 5.41) is 26.1. The van der Waals surface area contributed by atoms with Gasteiger partial charge in [0.05, 0.1) is 15.9 Å². The zero-order chi connectivity index (χ0) is 18.0. The highest BCUT2D eigenvalue weighted by atomic mass is 16.6. The second kappa shape index (κ2) is 6.68. The van der Waals surface area contributed by atoms with E-state index in [9.17, 15) is 20.2 Å². The smallest absolute Gasteiger partial charge is 0.272 e. The Morgan fingerprint density at radius 1 is 1.12 bits per heavy atom.